The zero-order valence-corrected chi connectivity index (χ0v) is 11.1. The van der Waals surface area contributed by atoms with Gasteiger partial charge in [0.2, 0.25) is 0 Å². The summed E-state index contributed by atoms with van der Waals surface area (Å²) in [4.78, 5) is 9.19. The third-order valence-electron chi connectivity index (χ3n) is 2.08. The topological polar surface area (TPSA) is 77.3 Å². The van der Waals surface area contributed by atoms with Gasteiger partial charge in [0.1, 0.15) is 10.7 Å². The fourth-order valence-electron chi connectivity index (χ4n) is 1.49. The maximum atomic E-state index is 13.5. The lowest BCUT2D eigenvalue weighted by Gasteiger charge is -2.18. The highest BCUT2D eigenvalue weighted by Crippen LogP contribution is 2.26. The van der Waals surface area contributed by atoms with Crippen molar-refractivity contribution in [2.24, 2.45) is 5.41 Å². The van der Waals surface area contributed by atoms with Crippen molar-refractivity contribution in [3.63, 3.8) is 0 Å². The summed E-state index contributed by atoms with van der Waals surface area (Å²) in [5.41, 5.74) is -1.00. The number of non-ortho nitro benzene ring substituents is 1. The lowest BCUT2D eigenvalue weighted by molar-refractivity contribution is -0.385. The molecule has 7 heteroatoms. The van der Waals surface area contributed by atoms with Crippen LogP contribution in [-0.4, -0.2) is 19.1 Å². The molecule has 0 aliphatic rings. The maximum absolute atomic E-state index is 13.5. The van der Waals surface area contributed by atoms with Crippen LogP contribution in [0.25, 0.3) is 0 Å². The molecule has 0 radical (unpaired) electrons. The number of rotatable bonds is 3. The van der Waals surface area contributed by atoms with Crippen LogP contribution < -0.4 is 0 Å². The highest BCUT2D eigenvalue weighted by atomic mass is 32.2. The Hall–Kier alpha value is -1.50. The lowest BCUT2D eigenvalue weighted by atomic mass is 10.0. The minimum absolute atomic E-state index is 0.280. The van der Waals surface area contributed by atoms with Crippen LogP contribution in [0.5, 0.6) is 0 Å². The number of nitro benzene ring substituents is 1. The molecule has 0 saturated carbocycles. The van der Waals surface area contributed by atoms with Gasteiger partial charge in [-0.25, -0.2) is 12.8 Å². The molecular formula is C11H14FNO4S. The standard InChI is InChI=1S/C11H14FNO4S/c1-11(2,3)7-18(16,17)10-6-8(13(14)15)4-5-9(10)12/h4-6H,7H2,1-3H3. The van der Waals surface area contributed by atoms with E-state index in [-0.39, 0.29) is 5.75 Å². The van der Waals surface area contributed by atoms with E-state index in [2.05, 4.69) is 0 Å². The summed E-state index contributed by atoms with van der Waals surface area (Å²) >= 11 is 0. The van der Waals surface area contributed by atoms with Gasteiger partial charge in [0.25, 0.3) is 5.69 Å². The number of benzene rings is 1. The molecule has 1 aromatic carbocycles. The molecule has 0 amide bonds. The van der Waals surface area contributed by atoms with Crippen molar-refractivity contribution in [3.8, 4) is 0 Å². The second-order valence-electron chi connectivity index (χ2n) is 5.19. The molecule has 0 aromatic heterocycles. The minimum Gasteiger partial charge on any atom is -0.258 e. The first-order valence-corrected chi connectivity index (χ1v) is 6.85. The molecule has 1 aromatic rings. The summed E-state index contributed by atoms with van der Waals surface area (Å²) in [7, 11) is -3.88. The summed E-state index contributed by atoms with van der Waals surface area (Å²) in [6, 6.07) is 2.50. The number of hydrogen-bond acceptors (Lipinski definition) is 4. The zero-order valence-electron chi connectivity index (χ0n) is 10.3. The first-order chi connectivity index (χ1) is 8.03. The second-order valence-corrected chi connectivity index (χ2v) is 7.15. The quantitative estimate of drug-likeness (QED) is 0.627. The molecule has 5 nitrogen and oxygen atoms in total. The highest BCUT2D eigenvalue weighted by molar-refractivity contribution is 7.91. The predicted molar refractivity (Wildman–Crippen MR) is 64.6 cm³/mol. The number of nitro groups is 1. The fourth-order valence-corrected chi connectivity index (χ4v) is 3.45. The Balaban J connectivity index is 3.32. The van der Waals surface area contributed by atoms with Gasteiger partial charge in [0, 0.05) is 12.1 Å². The molecule has 0 saturated heterocycles. The van der Waals surface area contributed by atoms with E-state index in [0.29, 0.717) is 0 Å². The van der Waals surface area contributed by atoms with E-state index in [4.69, 9.17) is 0 Å². The van der Waals surface area contributed by atoms with Crippen LogP contribution >= 0.6 is 0 Å². The Morgan fingerprint density at radius 1 is 1.33 bits per heavy atom. The van der Waals surface area contributed by atoms with E-state index in [9.17, 15) is 22.9 Å². The van der Waals surface area contributed by atoms with E-state index < -0.39 is 36.6 Å². The molecular weight excluding hydrogens is 261 g/mol. The predicted octanol–water partition coefficient (Wildman–Crippen LogP) is 2.55. The van der Waals surface area contributed by atoms with Crippen LogP contribution in [0.3, 0.4) is 0 Å². The number of halogens is 1. The molecule has 0 fully saturated rings. The average molecular weight is 275 g/mol. The third-order valence-corrected chi connectivity index (χ3v) is 4.31. The highest BCUT2D eigenvalue weighted by Gasteiger charge is 2.27. The summed E-state index contributed by atoms with van der Waals surface area (Å²) in [6.07, 6.45) is 0. The summed E-state index contributed by atoms with van der Waals surface area (Å²) in [5, 5.41) is 10.6. The van der Waals surface area contributed by atoms with E-state index in [1.54, 1.807) is 20.8 Å². The summed E-state index contributed by atoms with van der Waals surface area (Å²) in [5.74, 6) is -1.25. The van der Waals surface area contributed by atoms with Crippen LogP contribution in [-0.2, 0) is 9.84 Å². The van der Waals surface area contributed by atoms with Crippen LogP contribution in [0.1, 0.15) is 20.8 Å². The minimum atomic E-state index is -3.88. The van der Waals surface area contributed by atoms with Gasteiger partial charge < -0.3 is 0 Å². The van der Waals surface area contributed by atoms with Gasteiger partial charge in [0.15, 0.2) is 9.84 Å². The van der Waals surface area contributed by atoms with Gasteiger partial charge in [0.05, 0.1) is 10.7 Å². The average Bonchev–Trinajstić information content (AvgIpc) is 2.13. The number of sulfone groups is 1. The van der Waals surface area contributed by atoms with Crippen molar-refractivity contribution in [1.29, 1.82) is 0 Å². The van der Waals surface area contributed by atoms with Crippen molar-refractivity contribution >= 4 is 15.5 Å². The van der Waals surface area contributed by atoms with Crippen molar-refractivity contribution in [2.45, 2.75) is 25.7 Å². The Kier molecular flexibility index (Phi) is 3.75. The molecule has 0 spiro atoms. The Morgan fingerprint density at radius 2 is 1.89 bits per heavy atom. The molecule has 0 heterocycles. The van der Waals surface area contributed by atoms with Crippen molar-refractivity contribution in [3.05, 3.63) is 34.1 Å². The first kappa shape index (κ1) is 14.6. The second kappa shape index (κ2) is 4.64. The van der Waals surface area contributed by atoms with Crippen LogP contribution in [0.15, 0.2) is 23.1 Å². The van der Waals surface area contributed by atoms with Gasteiger partial charge >= 0.3 is 0 Å². The van der Waals surface area contributed by atoms with E-state index in [0.717, 1.165) is 18.2 Å². The lowest BCUT2D eigenvalue weighted by Crippen LogP contribution is -2.21. The Bertz CT molecular complexity index is 575. The van der Waals surface area contributed by atoms with Gasteiger partial charge in [-0.05, 0) is 11.5 Å². The van der Waals surface area contributed by atoms with Crippen LogP contribution in [0.4, 0.5) is 10.1 Å². The monoisotopic (exact) mass is 275 g/mol. The smallest absolute Gasteiger partial charge is 0.258 e. The molecule has 0 bridgehead atoms. The van der Waals surface area contributed by atoms with Gasteiger partial charge in [-0.2, -0.15) is 0 Å². The third kappa shape index (κ3) is 3.49. The SMILES string of the molecule is CC(C)(C)CS(=O)(=O)c1cc([N+](=O)[O-])ccc1F. The van der Waals surface area contributed by atoms with Gasteiger partial charge in [-0.3, -0.25) is 10.1 Å². The van der Waals surface area contributed by atoms with Crippen LogP contribution in [0.2, 0.25) is 0 Å². The molecule has 100 valence electrons. The molecule has 18 heavy (non-hydrogen) atoms. The molecule has 0 aliphatic heterocycles. The molecule has 0 unspecified atom stereocenters. The first-order valence-electron chi connectivity index (χ1n) is 5.20. The van der Waals surface area contributed by atoms with Crippen molar-refractivity contribution < 1.29 is 17.7 Å². The summed E-state index contributed by atoms with van der Waals surface area (Å²) < 4.78 is 37.5. The molecule has 0 atom stereocenters. The van der Waals surface area contributed by atoms with Crippen LogP contribution in [0, 0.1) is 21.3 Å². The fraction of sp³-hybridized carbons (Fsp3) is 0.455. The van der Waals surface area contributed by atoms with Gasteiger partial charge in [-0.1, -0.05) is 20.8 Å². The zero-order chi connectivity index (χ0) is 14.1. The van der Waals surface area contributed by atoms with Gasteiger partial charge in [-0.15, -0.1) is 0 Å². The van der Waals surface area contributed by atoms with E-state index in [1.807, 2.05) is 0 Å². The molecule has 0 N–H and O–H groups in total. The number of hydrogen-bond donors (Lipinski definition) is 0. The van der Waals surface area contributed by atoms with Crippen molar-refractivity contribution in [1.82, 2.24) is 0 Å². The molecule has 0 aliphatic carbocycles. The van der Waals surface area contributed by atoms with E-state index in [1.165, 1.54) is 0 Å². The largest absolute Gasteiger partial charge is 0.270 e. The Labute approximate surface area is 105 Å². The van der Waals surface area contributed by atoms with E-state index >= 15 is 0 Å². The molecule has 1 rings (SSSR count). The summed E-state index contributed by atoms with van der Waals surface area (Å²) in [6.45, 7) is 5.08. The van der Waals surface area contributed by atoms with Crippen molar-refractivity contribution in [2.75, 3.05) is 5.75 Å². The number of nitrogens with zero attached hydrogens (tertiary/aromatic N) is 1. The normalized spacial score (nSPS) is 12.4. The Morgan fingerprint density at radius 3 is 2.33 bits per heavy atom. The maximum Gasteiger partial charge on any atom is 0.270 e.